The van der Waals surface area contributed by atoms with Crippen LogP contribution in [0, 0.1) is 11.3 Å². The Labute approximate surface area is 136 Å². The van der Waals surface area contributed by atoms with Gasteiger partial charge in [0.05, 0.1) is 16.0 Å². The third-order valence-electron chi connectivity index (χ3n) is 2.71. The average Bonchev–Trinajstić information content (AvgIpc) is 2.94. The monoisotopic (exact) mass is 334 g/mol. The first-order valence-corrected chi connectivity index (χ1v) is 7.46. The molecule has 0 unspecified atom stereocenters. The largest absolute Gasteiger partial charge is 0.448 e. The van der Waals surface area contributed by atoms with Crippen molar-refractivity contribution in [3.8, 4) is 6.07 Å². The molecule has 2 rings (SSSR count). The molecule has 1 aromatic heterocycles. The zero-order chi connectivity index (χ0) is 16.1. The number of carbonyl (C=O) groups excluding carboxylic acids is 2. The first kappa shape index (κ1) is 16.0. The Bertz CT molecular complexity index is 734. The quantitative estimate of drug-likeness (QED) is 0.868. The van der Waals surface area contributed by atoms with Gasteiger partial charge >= 0.3 is 5.97 Å². The standard InChI is InChI=1S/C15H11ClN2O3S/c1-9(21-15(20)12-6-7-13(16)22-12)14(19)18-11-4-2-10(8-17)3-5-11/h2-7,9H,1H3,(H,18,19)/t9-/m1/s1. The van der Waals surface area contributed by atoms with Crippen molar-refractivity contribution in [1.82, 2.24) is 0 Å². The van der Waals surface area contributed by atoms with Gasteiger partial charge in [0.15, 0.2) is 6.10 Å². The lowest BCUT2D eigenvalue weighted by Crippen LogP contribution is -2.29. The van der Waals surface area contributed by atoms with Gasteiger partial charge in [-0.25, -0.2) is 4.79 Å². The van der Waals surface area contributed by atoms with E-state index in [0.717, 1.165) is 11.3 Å². The van der Waals surface area contributed by atoms with Crippen LogP contribution in [-0.2, 0) is 9.53 Å². The molecule has 0 radical (unpaired) electrons. The Balaban J connectivity index is 1.94. The normalized spacial score (nSPS) is 11.3. The van der Waals surface area contributed by atoms with Crippen LogP contribution < -0.4 is 5.32 Å². The van der Waals surface area contributed by atoms with Crippen LogP contribution in [0.25, 0.3) is 0 Å². The third kappa shape index (κ3) is 4.07. The lowest BCUT2D eigenvalue weighted by molar-refractivity contribution is -0.123. The number of hydrogen-bond donors (Lipinski definition) is 1. The fraction of sp³-hybridized carbons (Fsp3) is 0.133. The molecule has 0 bridgehead atoms. The highest BCUT2D eigenvalue weighted by Crippen LogP contribution is 2.22. The minimum atomic E-state index is -0.955. The predicted molar refractivity (Wildman–Crippen MR) is 84.0 cm³/mol. The lowest BCUT2D eigenvalue weighted by Gasteiger charge is -2.13. The Hall–Kier alpha value is -2.36. The molecular formula is C15H11ClN2O3S. The van der Waals surface area contributed by atoms with E-state index in [2.05, 4.69) is 5.32 Å². The van der Waals surface area contributed by atoms with Crippen molar-refractivity contribution >= 4 is 40.5 Å². The Kier molecular flexibility index (Phi) is 5.15. The van der Waals surface area contributed by atoms with Crippen molar-refractivity contribution in [2.75, 3.05) is 5.32 Å². The summed E-state index contributed by atoms with van der Waals surface area (Å²) in [6, 6.07) is 11.5. The smallest absolute Gasteiger partial charge is 0.349 e. The number of halogens is 1. The molecule has 5 nitrogen and oxygen atoms in total. The molecule has 1 N–H and O–H groups in total. The zero-order valence-corrected chi connectivity index (χ0v) is 13.1. The van der Waals surface area contributed by atoms with E-state index in [1.807, 2.05) is 6.07 Å². The van der Waals surface area contributed by atoms with Crippen molar-refractivity contribution in [3.63, 3.8) is 0 Å². The van der Waals surface area contributed by atoms with Crippen LogP contribution >= 0.6 is 22.9 Å². The highest BCUT2D eigenvalue weighted by molar-refractivity contribution is 7.17. The second-order valence-corrected chi connectivity index (χ2v) is 6.04. The highest BCUT2D eigenvalue weighted by atomic mass is 35.5. The van der Waals surface area contributed by atoms with Crippen molar-refractivity contribution in [2.24, 2.45) is 0 Å². The Morgan fingerprint density at radius 2 is 1.95 bits per heavy atom. The van der Waals surface area contributed by atoms with Gasteiger partial charge in [0.25, 0.3) is 5.91 Å². The van der Waals surface area contributed by atoms with Crippen LogP contribution in [0.15, 0.2) is 36.4 Å². The van der Waals surface area contributed by atoms with E-state index in [4.69, 9.17) is 21.6 Å². The van der Waals surface area contributed by atoms with Gasteiger partial charge in [-0.3, -0.25) is 4.79 Å². The summed E-state index contributed by atoms with van der Waals surface area (Å²) in [5.41, 5.74) is 1.01. The zero-order valence-electron chi connectivity index (χ0n) is 11.5. The van der Waals surface area contributed by atoms with E-state index >= 15 is 0 Å². The fourth-order valence-electron chi connectivity index (χ4n) is 1.57. The molecule has 1 aromatic carbocycles. The van der Waals surface area contributed by atoms with Crippen LogP contribution in [0.4, 0.5) is 5.69 Å². The van der Waals surface area contributed by atoms with Crippen LogP contribution in [0.3, 0.4) is 0 Å². The van der Waals surface area contributed by atoms with E-state index in [1.165, 1.54) is 6.92 Å². The molecule has 2 aromatic rings. The maximum absolute atomic E-state index is 12.0. The molecule has 7 heteroatoms. The molecule has 0 spiro atoms. The number of carbonyl (C=O) groups is 2. The number of anilines is 1. The van der Waals surface area contributed by atoms with Crippen molar-refractivity contribution in [1.29, 1.82) is 5.26 Å². The maximum atomic E-state index is 12.0. The Morgan fingerprint density at radius 1 is 1.27 bits per heavy atom. The van der Waals surface area contributed by atoms with Gasteiger partial charge in [0.1, 0.15) is 4.88 Å². The topological polar surface area (TPSA) is 79.2 Å². The van der Waals surface area contributed by atoms with Gasteiger partial charge in [0.2, 0.25) is 0 Å². The van der Waals surface area contributed by atoms with E-state index < -0.39 is 18.0 Å². The number of benzene rings is 1. The number of hydrogen-bond acceptors (Lipinski definition) is 5. The van der Waals surface area contributed by atoms with Crippen molar-refractivity contribution in [2.45, 2.75) is 13.0 Å². The molecule has 112 valence electrons. The first-order valence-electron chi connectivity index (χ1n) is 6.27. The molecule has 0 fully saturated rings. The minimum absolute atomic E-state index is 0.336. The molecule has 0 saturated heterocycles. The SMILES string of the molecule is C[C@@H](OC(=O)c1ccc(Cl)s1)C(=O)Nc1ccc(C#N)cc1. The summed E-state index contributed by atoms with van der Waals surface area (Å²) in [7, 11) is 0. The summed E-state index contributed by atoms with van der Waals surface area (Å²) in [4.78, 5) is 24.1. The maximum Gasteiger partial charge on any atom is 0.349 e. The molecule has 1 atom stereocenters. The number of thiophene rings is 1. The van der Waals surface area contributed by atoms with E-state index in [-0.39, 0.29) is 0 Å². The second kappa shape index (κ2) is 7.07. The summed E-state index contributed by atoms with van der Waals surface area (Å²) in [5, 5.41) is 11.3. The van der Waals surface area contributed by atoms with Crippen molar-refractivity contribution in [3.05, 3.63) is 51.2 Å². The number of nitriles is 1. The minimum Gasteiger partial charge on any atom is -0.448 e. The van der Waals surface area contributed by atoms with Gasteiger partial charge in [-0.15, -0.1) is 11.3 Å². The number of ether oxygens (including phenoxy) is 1. The number of amides is 1. The number of nitrogens with one attached hydrogen (secondary N) is 1. The van der Waals surface area contributed by atoms with Gasteiger partial charge in [-0.05, 0) is 43.3 Å². The summed E-state index contributed by atoms with van der Waals surface area (Å²) < 4.78 is 5.55. The highest BCUT2D eigenvalue weighted by Gasteiger charge is 2.20. The molecule has 0 aliphatic carbocycles. The summed E-state index contributed by atoms with van der Waals surface area (Å²) in [6.07, 6.45) is -0.955. The summed E-state index contributed by atoms with van der Waals surface area (Å²) >= 11 is 6.83. The van der Waals surface area contributed by atoms with Crippen LogP contribution in [0.5, 0.6) is 0 Å². The van der Waals surface area contributed by atoms with Gasteiger partial charge in [-0.1, -0.05) is 11.6 Å². The predicted octanol–water partition coefficient (Wildman–Crippen LogP) is 3.46. The van der Waals surface area contributed by atoms with E-state index in [1.54, 1.807) is 36.4 Å². The van der Waals surface area contributed by atoms with E-state index in [9.17, 15) is 9.59 Å². The summed E-state index contributed by atoms with van der Waals surface area (Å²) in [5.74, 6) is -1.06. The summed E-state index contributed by atoms with van der Waals surface area (Å²) in [6.45, 7) is 1.48. The van der Waals surface area contributed by atoms with Gasteiger partial charge in [-0.2, -0.15) is 5.26 Å². The lowest BCUT2D eigenvalue weighted by atomic mass is 10.2. The third-order valence-corrected chi connectivity index (χ3v) is 3.92. The number of nitrogens with zero attached hydrogens (tertiary/aromatic N) is 1. The fourth-order valence-corrected chi connectivity index (χ4v) is 2.49. The average molecular weight is 335 g/mol. The van der Waals surface area contributed by atoms with E-state index in [0.29, 0.717) is 20.5 Å². The molecule has 0 aliphatic heterocycles. The number of esters is 1. The number of rotatable bonds is 4. The molecular weight excluding hydrogens is 324 g/mol. The van der Waals surface area contributed by atoms with Crippen LogP contribution in [0.2, 0.25) is 4.34 Å². The molecule has 1 heterocycles. The van der Waals surface area contributed by atoms with Crippen LogP contribution in [-0.4, -0.2) is 18.0 Å². The molecule has 0 saturated carbocycles. The molecule has 1 amide bonds. The van der Waals surface area contributed by atoms with Crippen LogP contribution in [0.1, 0.15) is 22.2 Å². The Morgan fingerprint density at radius 3 is 2.50 bits per heavy atom. The van der Waals surface area contributed by atoms with Gasteiger partial charge < -0.3 is 10.1 Å². The second-order valence-electron chi connectivity index (χ2n) is 4.33. The molecule has 0 aliphatic rings. The molecule has 22 heavy (non-hydrogen) atoms. The first-order chi connectivity index (χ1) is 10.5. The van der Waals surface area contributed by atoms with Gasteiger partial charge in [0, 0.05) is 5.69 Å². The van der Waals surface area contributed by atoms with Crippen molar-refractivity contribution < 1.29 is 14.3 Å².